The van der Waals surface area contributed by atoms with Gasteiger partial charge in [-0.25, -0.2) is 9.59 Å². The van der Waals surface area contributed by atoms with Crippen molar-refractivity contribution in [2.45, 2.75) is 18.6 Å². The number of carboxylic acids is 1. The Morgan fingerprint density at radius 1 is 1.50 bits per heavy atom. The number of hydrogen-bond acceptors (Lipinski definition) is 3. The van der Waals surface area contributed by atoms with Gasteiger partial charge in [-0.3, -0.25) is 4.90 Å². The van der Waals surface area contributed by atoms with Gasteiger partial charge in [0.1, 0.15) is 12.6 Å². The van der Waals surface area contributed by atoms with E-state index in [0.29, 0.717) is 4.90 Å². The fraction of sp³-hybridized carbons (Fsp3) is 0.600. The Labute approximate surface area is 101 Å². The molecule has 0 aromatic carbocycles. The minimum Gasteiger partial charge on any atom is -0.480 e. The highest BCUT2D eigenvalue weighted by Gasteiger charge is 2.55. The summed E-state index contributed by atoms with van der Waals surface area (Å²) in [6.07, 6.45) is -4.93. The monoisotopic (exact) mass is 267 g/mol. The molecule has 5 nitrogen and oxygen atoms in total. The number of ether oxygens (including phenoxy) is 1. The van der Waals surface area contributed by atoms with Crippen LogP contribution in [0.5, 0.6) is 0 Å². The second-order valence-corrected chi connectivity index (χ2v) is 3.78. The zero-order valence-corrected chi connectivity index (χ0v) is 9.31. The molecule has 1 saturated heterocycles. The third-order valence-corrected chi connectivity index (χ3v) is 2.63. The quantitative estimate of drug-likeness (QED) is 0.789. The summed E-state index contributed by atoms with van der Waals surface area (Å²) in [6.45, 7) is 2.80. The first kappa shape index (κ1) is 14.3. The summed E-state index contributed by atoms with van der Waals surface area (Å²) < 4.78 is 42.4. The largest absolute Gasteiger partial charge is 0.480 e. The van der Waals surface area contributed by atoms with Gasteiger partial charge in [-0.05, 0) is 6.42 Å². The van der Waals surface area contributed by atoms with E-state index in [9.17, 15) is 22.8 Å². The highest BCUT2D eigenvalue weighted by Crippen LogP contribution is 2.38. The Morgan fingerprint density at radius 3 is 2.56 bits per heavy atom. The Hall–Kier alpha value is -1.73. The minimum atomic E-state index is -4.66. The molecule has 0 radical (unpaired) electrons. The molecule has 1 aliphatic rings. The summed E-state index contributed by atoms with van der Waals surface area (Å²) in [6, 6.07) is -1.93. The van der Waals surface area contributed by atoms with E-state index >= 15 is 0 Å². The summed E-state index contributed by atoms with van der Waals surface area (Å²) in [4.78, 5) is 22.9. The van der Waals surface area contributed by atoms with Gasteiger partial charge in [-0.15, -0.1) is 0 Å². The number of rotatable bonds is 3. The van der Waals surface area contributed by atoms with E-state index in [1.807, 2.05) is 0 Å². The van der Waals surface area contributed by atoms with Crippen molar-refractivity contribution in [3.63, 3.8) is 0 Å². The van der Waals surface area contributed by atoms with E-state index in [1.165, 1.54) is 6.08 Å². The van der Waals surface area contributed by atoms with Gasteiger partial charge < -0.3 is 9.84 Å². The van der Waals surface area contributed by atoms with E-state index in [4.69, 9.17) is 5.11 Å². The Balaban J connectivity index is 2.85. The number of halogens is 3. The Kier molecular flexibility index (Phi) is 4.20. The molecule has 0 saturated carbocycles. The van der Waals surface area contributed by atoms with Gasteiger partial charge in [0.2, 0.25) is 0 Å². The van der Waals surface area contributed by atoms with Crippen molar-refractivity contribution in [1.82, 2.24) is 4.90 Å². The molecule has 0 aromatic heterocycles. The van der Waals surface area contributed by atoms with E-state index in [1.54, 1.807) is 0 Å². The smallest absolute Gasteiger partial charge is 0.410 e. The maximum atomic E-state index is 12.6. The normalized spacial score (nSPS) is 23.8. The van der Waals surface area contributed by atoms with Gasteiger partial charge >= 0.3 is 18.2 Å². The molecule has 0 spiro atoms. The average Bonchev–Trinajstić information content (AvgIpc) is 2.69. The second-order valence-electron chi connectivity index (χ2n) is 3.78. The summed E-state index contributed by atoms with van der Waals surface area (Å²) in [5, 5.41) is 8.82. The first-order chi connectivity index (χ1) is 8.29. The lowest BCUT2D eigenvalue weighted by molar-refractivity contribution is -0.187. The lowest BCUT2D eigenvalue weighted by Gasteiger charge is -2.25. The SMILES string of the molecule is C=CCOC(=O)N1CC[C@@H](C(F)(F)F)[C@@H]1C(=O)O. The summed E-state index contributed by atoms with van der Waals surface area (Å²) >= 11 is 0. The van der Waals surface area contributed by atoms with Crippen LogP contribution in [-0.4, -0.2) is 47.4 Å². The molecular weight excluding hydrogens is 255 g/mol. The maximum Gasteiger partial charge on any atom is 0.410 e. The van der Waals surface area contributed by atoms with Crippen LogP contribution < -0.4 is 0 Å². The summed E-state index contributed by atoms with van der Waals surface area (Å²) in [5.41, 5.74) is 0. The molecule has 0 unspecified atom stereocenters. The maximum absolute atomic E-state index is 12.6. The van der Waals surface area contributed by atoms with Crippen molar-refractivity contribution < 1.29 is 32.6 Å². The standard InChI is InChI=1S/C10H12F3NO4/c1-2-5-18-9(17)14-4-3-6(10(11,12)13)7(14)8(15)16/h2,6-7H,1,3-5H2,(H,15,16)/t6-,7-/m1/s1. The number of carbonyl (C=O) groups is 2. The van der Waals surface area contributed by atoms with Gasteiger partial charge in [0.05, 0.1) is 5.92 Å². The molecule has 1 N–H and O–H groups in total. The van der Waals surface area contributed by atoms with Crippen molar-refractivity contribution >= 4 is 12.1 Å². The average molecular weight is 267 g/mol. The third kappa shape index (κ3) is 2.93. The number of likely N-dealkylation sites (tertiary alicyclic amines) is 1. The van der Waals surface area contributed by atoms with Crippen LogP contribution >= 0.6 is 0 Å². The van der Waals surface area contributed by atoms with Gasteiger partial charge in [-0.1, -0.05) is 12.7 Å². The molecular formula is C10H12F3NO4. The molecule has 1 amide bonds. The highest BCUT2D eigenvalue weighted by atomic mass is 19.4. The first-order valence-corrected chi connectivity index (χ1v) is 5.13. The van der Waals surface area contributed by atoms with E-state index in [-0.39, 0.29) is 13.2 Å². The minimum absolute atomic E-state index is 0.182. The zero-order chi connectivity index (χ0) is 13.9. The number of amides is 1. The highest BCUT2D eigenvalue weighted by molar-refractivity contribution is 5.81. The van der Waals surface area contributed by atoms with Crippen LogP contribution in [0.3, 0.4) is 0 Å². The van der Waals surface area contributed by atoms with E-state index in [0.717, 1.165) is 0 Å². The Morgan fingerprint density at radius 2 is 2.11 bits per heavy atom. The predicted octanol–water partition coefficient (Wildman–Crippen LogP) is 1.65. The first-order valence-electron chi connectivity index (χ1n) is 5.13. The molecule has 1 heterocycles. The topological polar surface area (TPSA) is 66.8 Å². The van der Waals surface area contributed by atoms with Crippen molar-refractivity contribution in [1.29, 1.82) is 0 Å². The van der Waals surface area contributed by atoms with Crippen LogP contribution in [0.4, 0.5) is 18.0 Å². The van der Waals surface area contributed by atoms with Gasteiger partial charge in [0.25, 0.3) is 0 Å². The fourth-order valence-electron chi connectivity index (χ4n) is 1.86. The molecule has 18 heavy (non-hydrogen) atoms. The van der Waals surface area contributed by atoms with Crippen LogP contribution in [0.2, 0.25) is 0 Å². The molecule has 102 valence electrons. The molecule has 2 atom stereocenters. The van der Waals surface area contributed by atoms with Gasteiger partial charge in [-0.2, -0.15) is 13.2 Å². The van der Waals surface area contributed by atoms with Crippen molar-refractivity contribution in [2.75, 3.05) is 13.2 Å². The summed E-state index contributed by atoms with van der Waals surface area (Å²) in [7, 11) is 0. The van der Waals surface area contributed by atoms with Crippen LogP contribution in [0.1, 0.15) is 6.42 Å². The molecule has 8 heteroatoms. The number of carboxylic acid groups (broad SMARTS) is 1. The van der Waals surface area contributed by atoms with Crippen LogP contribution in [0, 0.1) is 5.92 Å². The van der Waals surface area contributed by atoms with E-state index in [2.05, 4.69) is 11.3 Å². The number of hydrogen-bond donors (Lipinski definition) is 1. The lowest BCUT2D eigenvalue weighted by atomic mass is 10.0. The second kappa shape index (κ2) is 5.28. The number of carbonyl (C=O) groups excluding carboxylic acids is 1. The van der Waals surface area contributed by atoms with Crippen molar-refractivity contribution in [3.05, 3.63) is 12.7 Å². The van der Waals surface area contributed by atoms with E-state index < -0.39 is 36.6 Å². The van der Waals surface area contributed by atoms with Gasteiger partial charge in [0.15, 0.2) is 0 Å². The molecule has 1 rings (SSSR count). The number of aliphatic carboxylic acids is 1. The van der Waals surface area contributed by atoms with Crippen LogP contribution in [0.15, 0.2) is 12.7 Å². The summed E-state index contributed by atoms with van der Waals surface area (Å²) in [5.74, 6) is -3.75. The molecule has 1 fully saturated rings. The molecule has 0 aromatic rings. The zero-order valence-electron chi connectivity index (χ0n) is 9.31. The van der Waals surface area contributed by atoms with Crippen molar-refractivity contribution in [3.8, 4) is 0 Å². The molecule has 0 bridgehead atoms. The molecule has 0 aliphatic carbocycles. The Bertz CT molecular complexity index is 356. The van der Waals surface area contributed by atoms with Crippen LogP contribution in [0.25, 0.3) is 0 Å². The fourth-order valence-corrected chi connectivity index (χ4v) is 1.86. The third-order valence-electron chi connectivity index (χ3n) is 2.63. The predicted molar refractivity (Wildman–Crippen MR) is 53.8 cm³/mol. The van der Waals surface area contributed by atoms with Gasteiger partial charge in [0, 0.05) is 6.54 Å². The van der Waals surface area contributed by atoms with Crippen LogP contribution in [-0.2, 0) is 9.53 Å². The number of nitrogens with zero attached hydrogens (tertiary/aromatic N) is 1. The molecule has 1 aliphatic heterocycles. The van der Waals surface area contributed by atoms with Crippen molar-refractivity contribution in [2.24, 2.45) is 5.92 Å². The number of alkyl halides is 3. The lowest BCUT2D eigenvalue weighted by Crippen LogP contribution is -2.47.